The maximum absolute atomic E-state index is 5.35. The molecule has 0 atom stereocenters. The number of benzene rings is 1. The number of hydrogen-bond acceptors (Lipinski definition) is 4. The van der Waals surface area contributed by atoms with Crippen LogP contribution in [0.15, 0.2) is 35.6 Å². The Bertz CT molecular complexity index is 628. The number of nitrogens with one attached hydrogen (secondary N) is 2. The van der Waals surface area contributed by atoms with Gasteiger partial charge in [0.1, 0.15) is 17.9 Å². The molecule has 7 nitrogen and oxygen atoms in total. The summed E-state index contributed by atoms with van der Waals surface area (Å²) in [6, 6.07) is 8.02. The predicted octanol–water partition coefficient (Wildman–Crippen LogP) is 1.35. The summed E-state index contributed by atoms with van der Waals surface area (Å²) in [4.78, 5) is 8.36. The number of halogens is 1. The van der Waals surface area contributed by atoms with Gasteiger partial charge in [-0.1, -0.05) is 18.2 Å². The Balaban J connectivity index is 0.00000264. The quantitative estimate of drug-likeness (QED) is 0.411. The van der Waals surface area contributed by atoms with Crippen LogP contribution in [0.2, 0.25) is 0 Å². The van der Waals surface area contributed by atoms with Gasteiger partial charge in [-0.15, -0.1) is 24.0 Å². The zero-order valence-corrected chi connectivity index (χ0v) is 15.9. The van der Waals surface area contributed by atoms with Gasteiger partial charge in [0.25, 0.3) is 0 Å². The highest BCUT2D eigenvalue weighted by Crippen LogP contribution is 2.17. The van der Waals surface area contributed by atoms with Crippen molar-refractivity contribution < 1.29 is 4.74 Å². The van der Waals surface area contributed by atoms with Gasteiger partial charge in [0.15, 0.2) is 5.96 Å². The van der Waals surface area contributed by atoms with Crippen LogP contribution in [-0.2, 0) is 20.0 Å². The van der Waals surface area contributed by atoms with Crippen molar-refractivity contribution in [3.63, 3.8) is 0 Å². The Labute approximate surface area is 153 Å². The molecule has 0 aliphatic heterocycles. The molecule has 0 saturated heterocycles. The molecule has 8 heteroatoms. The van der Waals surface area contributed by atoms with E-state index in [1.54, 1.807) is 18.8 Å². The molecule has 0 unspecified atom stereocenters. The number of aromatic nitrogens is 3. The molecule has 1 heterocycles. The van der Waals surface area contributed by atoms with Crippen LogP contribution in [0.4, 0.5) is 0 Å². The first kappa shape index (κ1) is 19.2. The number of para-hydroxylation sites is 1. The lowest BCUT2D eigenvalue weighted by Gasteiger charge is -2.12. The highest BCUT2D eigenvalue weighted by molar-refractivity contribution is 14.0. The average Bonchev–Trinajstić information content (AvgIpc) is 2.96. The van der Waals surface area contributed by atoms with Crippen LogP contribution in [0.25, 0.3) is 0 Å². The highest BCUT2D eigenvalue weighted by atomic mass is 127. The first-order valence-corrected chi connectivity index (χ1v) is 7.14. The number of methoxy groups -OCH3 is 1. The number of guanidine groups is 1. The zero-order valence-electron chi connectivity index (χ0n) is 13.6. The van der Waals surface area contributed by atoms with Gasteiger partial charge in [-0.3, -0.25) is 9.67 Å². The predicted molar refractivity (Wildman–Crippen MR) is 101 cm³/mol. The topological polar surface area (TPSA) is 76.4 Å². The Hall–Kier alpha value is -1.84. The molecule has 0 spiro atoms. The van der Waals surface area contributed by atoms with E-state index in [1.165, 1.54) is 11.9 Å². The molecule has 2 aromatic rings. The maximum atomic E-state index is 5.35. The van der Waals surface area contributed by atoms with E-state index in [0.29, 0.717) is 6.54 Å². The molecule has 126 valence electrons. The molecule has 1 aromatic heterocycles. The van der Waals surface area contributed by atoms with Crippen molar-refractivity contribution in [1.82, 2.24) is 25.4 Å². The van der Waals surface area contributed by atoms with Crippen molar-refractivity contribution in [3.05, 3.63) is 42.0 Å². The van der Waals surface area contributed by atoms with E-state index in [1.807, 2.05) is 25.2 Å². The number of nitrogens with zero attached hydrogens (tertiary/aromatic N) is 4. The van der Waals surface area contributed by atoms with Gasteiger partial charge in [-0.25, -0.2) is 4.98 Å². The summed E-state index contributed by atoms with van der Waals surface area (Å²) in [5.74, 6) is 2.50. The number of aliphatic imine (C=N–C) groups is 1. The van der Waals surface area contributed by atoms with Gasteiger partial charge in [0, 0.05) is 20.6 Å². The molecule has 0 amide bonds. The Morgan fingerprint density at radius 3 is 2.74 bits per heavy atom. The van der Waals surface area contributed by atoms with Gasteiger partial charge in [0.05, 0.1) is 13.7 Å². The molecule has 23 heavy (non-hydrogen) atoms. The fraction of sp³-hybridized carbons (Fsp3) is 0.400. The van der Waals surface area contributed by atoms with E-state index in [2.05, 4.69) is 31.8 Å². The van der Waals surface area contributed by atoms with Crippen LogP contribution in [0.1, 0.15) is 11.4 Å². The van der Waals surface area contributed by atoms with E-state index in [0.717, 1.165) is 30.5 Å². The van der Waals surface area contributed by atoms with Gasteiger partial charge in [0.2, 0.25) is 0 Å². The molecular formula is C15H23IN6O. The second-order valence-electron chi connectivity index (χ2n) is 4.71. The monoisotopic (exact) mass is 430 g/mol. The summed E-state index contributed by atoms with van der Waals surface area (Å²) < 4.78 is 7.08. The number of rotatable bonds is 6. The standard InChI is InChI=1S/C15H22N6O.HI/c1-16-15(18-10-14-19-11-20-21(14)2)17-9-8-12-6-4-5-7-13(12)22-3;/h4-7,11H,8-10H2,1-3H3,(H2,16,17,18);1H. The Morgan fingerprint density at radius 2 is 2.09 bits per heavy atom. The third kappa shape index (κ3) is 5.70. The first-order valence-electron chi connectivity index (χ1n) is 7.14. The molecular weight excluding hydrogens is 407 g/mol. The third-order valence-electron chi connectivity index (χ3n) is 3.32. The summed E-state index contributed by atoms with van der Waals surface area (Å²) in [7, 11) is 5.30. The van der Waals surface area contributed by atoms with Gasteiger partial charge >= 0.3 is 0 Å². The van der Waals surface area contributed by atoms with Gasteiger partial charge in [-0.05, 0) is 18.1 Å². The molecule has 2 rings (SSSR count). The summed E-state index contributed by atoms with van der Waals surface area (Å²) in [5, 5.41) is 10.5. The first-order chi connectivity index (χ1) is 10.7. The molecule has 0 saturated carbocycles. The van der Waals surface area contributed by atoms with Crippen molar-refractivity contribution in [2.24, 2.45) is 12.0 Å². The molecule has 1 aromatic carbocycles. The molecule has 0 aliphatic rings. The summed E-state index contributed by atoms with van der Waals surface area (Å²) >= 11 is 0. The van der Waals surface area contributed by atoms with Crippen molar-refractivity contribution in [3.8, 4) is 5.75 Å². The summed E-state index contributed by atoms with van der Waals surface area (Å²) in [6.45, 7) is 1.34. The van der Waals surface area contributed by atoms with E-state index in [4.69, 9.17) is 4.74 Å². The number of hydrogen-bond donors (Lipinski definition) is 2. The van der Waals surface area contributed by atoms with Crippen LogP contribution >= 0.6 is 24.0 Å². The maximum Gasteiger partial charge on any atom is 0.191 e. The smallest absolute Gasteiger partial charge is 0.191 e. The minimum atomic E-state index is 0. The Morgan fingerprint density at radius 1 is 1.30 bits per heavy atom. The largest absolute Gasteiger partial charge is 0.496 e. The van der Waals surface area contributed by atoms with Crippen LogP contribution in [0.5, 0.6) is 5.75 Å². The molecule has 0 aliphatic carbocycles. The van der Waals surface area contributed by atoms with Crippen molar-refractivity contribution in [2.45, 2.75) is 13.0 Å². The number of ether oxygens (including phenoxy) is 1. The zero-order chi connectivity index (χ0) is 15.8. The SMILES string of the molecule is CN=C(NCCc1ccccc1OC)NCc1ncnn1C.I. The van der Waals surface area contributed by atoms with E-state index < -0.39 is 0 Å². The van der Waals surface area contributed by atoms with Crippen LogP contribution < -0.4 is 15.4 Å². The van der Waals surface area contributed by atoms with Crippen LogP contribution in [-0.4, -0.2) is 41.4 Å². The molecule has 0 radical (unpaired) electrons. The summed E-state index contributed by atoms with van der Waals surface area (Å²) in [5.41, 5.74) is 1.17. The Kier molecular flexibility index (Phi) is 8.38. The van der Waals surface area contributed by atoms with Crippen LogP contribution in [0.3, 0.4) is 0 Å². The van der Waals surface area contributed by atoms with Gasteiger partial charge < -0.3 is 15.4 Å². The lowest BCUT2D eigenvalue weighted by atomic mass is 10.1. The summed E-state index contributed by atoms with van der Waals surface area (Å²) in [6.07, 6.45) is 2.39. The minimum absolute atomic E-state index is 0. The van der Waals surface area contributed by atoms with E-state index >= 15 is 0 Å². The highest BCUT2D eigenvalue weighted by Gasteiger charge is 2.04. The van der Waals surface area contributed by atoms with E-state index in [-0.39, 0.29) is 24.0 Å². The van der Waals surface area contributed by atoms with Gasteiger partial charge in [-0.2, -0.15) is 5.10 Å². The third-order valence-corrected chi connectivity index (χ3v) is 3.32. The average molecular weight is 430 g/mol. The minimum Gasteiger partial charge on any atom is -0.496 e. The van der Waals surface area contributed by atoms with Crippen molar-refractivity contribution in [2.75, 3.05) is 20.7 Å². The lowest BCUT2D eigenvalue weighted by molar-refractivity contribution is 0.409. The van der Waals surface area contributed by atoms with E-state index in [9.17, 15) is 0 Å². The van der Waals surface area contributed by atoms with Crippen molar-refractivity contribution in [1.29, 1.82) is 0 Å². The normalized spacial score (nSPS) is 10.8. The van der Waals surface area contributed by atoms with Crippen LogP contribution in [0, 0.1) is 0 Å². The fourth-order valence-electron chi connectivity index (χ4n) is 2.09. The fourth-order valence-corrected chi connectivity index (χ4v) is 2.09. The molecule has 0 fully saturated rings. The number of aryl methyl sites for hydroxylation is 1. The molecule has 0 bridgehead atoms. The second-order valence-corrected chi connectivity index (χ2v) is 4.71. The second kappa shape index (κ2) is 10.0. The molecule has 2 N–H and O–H groups in total. The lowest BCUT2D eigenvalue weighted by Crippen LogP contribution is -2.38. The van der Waals surface area contributed by atoms with Crippen molar-refractivity contribution >= 4 is 29.9 Å².